The normalized spacial score (nSPS) is 13.5. The highest BCUT2D eigenvalue weighted by atomic mass is 127. The summed E-state index contributed by atoms with van der Waals surface area (Å²) in [6.07, 6.45) is 2.19. The lowest BCUT2D eigenvalue weighted by Crippen LogP contribution is -2.37. The third-order valence-corrected chi connectivity index (χ3v) is 4.50. The Kier molecular flexibility index (Phi) is 6.79. The molecule has 0 amide bonds. The lowest BCUT2D eigenvalue weighted by molar-refractivity contribution is 0.663. The minimum atomic E-state index is 0. The number of hydrogen-bond donors (Lipinski definition) is 2. The highest BCUT2D eigenvalue weighted by molar-refractivity contribution is 14.0. The van der Waals surface area contributed by atoms with Crippen LogP contribution in [0.3, 0.4) is 0 Å². The molecule has 9 heteroatoms. The first-order chi connectivity index (χ1) is 11.6. The second kappa shape index (κ2) is 8.63. The van der Waals surface area contributed by atoms with Gasteiger partial charge in [-0.05, 0) is 27.2 Å². The number of aliphatic imine (C=N–C) groups is 1. The smallest absolute Gasteiger partial charge is 0.191 e. The summed E-state index contributed by atoms with van der Waals surface area (Å²) in [4.78, 5) is 4.70. The zero-order chi connectivity index (χ0) is 17.1. The van der Waals surface area contributed by atoms with E-state index in [1.165, 1.54) is 5.56 Å². The van der Waals surface area contributed by atoms with Gasteiger partial charge in [0.1, 0.15) is 5.82 Å². The van der Waals surface area contributed by atoms with Crippen LogP contribution in [-0.4, -0.2) is 37.0 Å². The number of aryl methyl sites for hydroxylation is 3. The number of halogens is 1. The fraction of sp³-hybridized carbons (Fsp3) is 0.625. The summed E-state index contributed by atoms with van der Waals surface area (Å²) < 4.78 is 4.10. The molecule has 3 rings (SSSR count). The summed E-state index contributed by atoms with van der Waals surface area (Å²) in [6, 6.07) is 0. The van der Waals surface area contributed by atoms with Crippen LogP contribution in [0.25, 0.3) is 0 Å². The molecule has 0 saturated heterocycles. The minimum Gasteiger partial charge on any atom is -0.357 e. The van der Waals surface area contributed by atoms with Crippen LogP contribution < -0.4 is 10.6 Å². The Labute approximate surface area is 165 Å². The molecule has 138 valence electrons. The van der Waals surface area contributed by atoms with Crippen molar-refractivity contribution in [2.24, 2.45) is 12.0 Å². The van der Waals surface area contributed by atoms with Crippen molar-refractivity contribution in [1.29, 1.82) is 0 Å². The highest BCUT2D eigenvalue weighted by Crippen LogP contribution is 2.14. The summed E-state index contributed by atoms with van der Waals surface area (Å²) in [6.45, 7) is 9.23. The summed E-state index contributed by atoms with van der Waals surface area (Å²) in [5.74, 6) is 2.85. The van der Waals surface area contributed by atoms with Crippen LogP contribution in [0.2, 0.25) is 0 Å². The topological polar surface area (TPSA) is 84.9 Å². The predicted molar refractivity (Wildman–Crippen MR) is 108 cm³/mol. The molecule has 0 atom stereocenters. The van der Waals surface area contributed by atoms with Crippen LogP contribution in [0, 0.1) is 13.8 Å². The molecule has 1 aliphatic rings. The first-order valence-corrected chi connectivity index (χ1v) is 8.52. The standard InChI is InChI=1S/C16H26N8.HI/c1-5-17-16(18-9-13-11(2)22-23(4)12(13)3)19-10-15-21-20-14-7-6-8-24(14)15;/h5-10H2,1-4H3,(H2,17,18,19);1H. The van der Waals surface area contributed by atoms with Crippen LogP contribution in [-0.2, 0) is 33.1 Å². The van der Waals surface area contributed by atoms with E-state index in [0.29, 0.717) is 13.1 Å². The maximum absolute atomic E-state index is 4.70. The average molecular weight is 458 g/mol. The zero-order valence-corrected chi connectivity index (χ0v) is 17.7. The van der Waals surface area contributed by atoms with E-state index < -0.39 is 0 Å². The molecule has 0 aliphatic carbocycles. The van der Waals surface area contributed by atoms with Crippen molar-refractivity contribution in [2.45, 2.75) is 53.2 Å². The van der Waals surface area contributed by atoms with Crippen molar-refractivity contribution < 1.29 is 0 Å². The van der Waals surface area contributed by atoms with E-state index in [1.54, 1.807) is 0 Å². The fourth-order valence-electron chi connectivity index (χ4n) is 3.05. The Morgan fingerprint density at radius 1 is 1.24 bits per heavy atom. The van der Waals surface area contributed by atoms with Gasteiger partial charge in [-0.2, -0.15) is 5.10 Å². The summed E-state index contributed by atoms with van der Waals surface area (Å²) in [7, 11) is 1.96. The van der Waals surface area contributed by atoms with Crippen molar-refractivity contribution in [3.05, 3.63) is 28.6 Å². The van der Waals surface area contributed by atoms with Gasteiger partial charge >= 0.3 is 0 Å². The molecule has 0 spiro atoms. The molecule has 3 heterocycles. The van der Waals surface area contributed by atoms with Crippen molar-refractivity contribution in [1.82, 2.24) is 35.2 Å². The number of rotatable bonds is 5. The number of hydrogen-bond acceptors (Lipinski definition) is 4. The molecule has 0 aromatic carbocycles. The molecule has 2 N–H and O–H groups in total. The summed E-state index contributed by atoms with van der Waals surface area (Å²) in [5.41, 5.74) is 3.37. The van der Waals surface area contributed by atoms with Crippen LogP contribution in [0.1, 0.15) is 41.9 Å². The Bertz CT molecular complexity index is 746. The molecule has 8 nitrogen and oxygen atoms in total. The SMILES string of the molecule is CCNC(=NCc1c(C)nn(C)c1C)NCc1nnc2n1CCC2.I. The van der Waals surface area contributed by atoms with E-state index in [-0.39, 0.29) is 24.0 Å². The molecule has 25 heavy (non-hydrogen) atoms. The molecular formula is C16H27IN8. The van der Waals surface area contributed by atoms with Gasteiger partial charge in [0.05, 0.1) is 18.8 Å². The molecule has 0 saturated carbocycles. The van der Waals surface area contributed by atoms with Crippen molar-refractivity contribution in [2.75, 3.05) is 6.54 Å². The Hall–Kier alpha value is -1.65. The Morgan fingerprint density at radius 2 is 2.04 bits per heavy atom. The molecule has 0 fully saturated rings. The molecule has 1 aliphatic heterocycles. The van der Waals surface area contributed by atoms with E-state index in [2.05, 4.69) is 44.3 Å². The third-order valence-electron chi connectivity index (χ3n) is 4.50. The van der Waals surface area contributed by atoms with Crippen LogP contribution in [0.5, 0.6) is 0 Å². The van der Waals surface area contributed by atoms with Gasteiger partial charge in [0.2, 0.25) is 0 Å². The number of nitrogens with zero attached hydrogens (tertiary/aromatic N) is 6. The first-order valence-electron chi connectivity index (χ1n) is 8.52. The Balaban J connectivity index is 0.00000225. The molecular weight excluding hydrogens is 431 g/mol. The molecule has 0 radical (unpaired) electrons. The largest absolute Gasteiger partial charge is 0.357 e. The van der Waals surface area contributed by atoms with Crippen molar-refractivity contribution in [3.63, 3.8) is 0 Å². The predicted octanol–water partition coefficient (Wildman–Crippen LogP) is 1.45. The molecule has 0 unspecified atom stereocenters. The Morgan fingerprint density at radius 3 is 2.72 bits per heavy atom. The van der Waals surface area contributed by atoms with Gasteiger partial charge < -0.3 is 15.2 Å². The van der Waals surface area contributed by atoms with Gasteiger partial charge in [-0.15, -0.1) is 34.2 Å². The quantitative estimate of drug-likeness (QED) is 0.403. The van der Waals surface area contributed by atoms with Crippen LogP contribution in [0.4, 0.5) is 0 Å². The lowest BCUT2D eigenvalue weighted by Gasteiger charge is -2.11. The average Bonchev–Trinajstić information content (AvgIpc) is 3.21. The summed E-state index contributed by atoms with van der Waals surface area (Å²) in [5, 5.41) is 19.6. The number of aromatic nitrogens is 5. The van der Waals surface area contributed by atoms with Gasteiger partial charge in [-0.3, -0.25) is 4.68 Å². The van der Waals surface area contributed by atoms with Gasteiger partial charge in [-0.1, -0.05) is 0 Å². The van der Waals surface area contributed by atoms with Gasteiger partial charge in [-0.25, -0.2) is 4.99 Å². The second-order valence-electron chi connectivity index (χ2n) is 6.11. The lowest BCUT2D eigenvalue weighted by atomic mass is 10.2. The summed E-state index contributed by atoms with van der Waals surface area (Å²) >= 11 is 0. The number of guanidine groups is 1. The van der Waals surface area contributed by atoms with Gasteiger partial charge in [0, 0.05) is 37.8 Å². The van der Waals surface area contributed by atoms with E-state index >= 15 is 0 Å². The van der Waals surface area contributed by atoms with Crippen molar-refractivity contribution in [3.8, 4) is 0 Å². The zero-order valence-electron chi connectivity index (χ0n) is 15.3. The van der Waals surface area contributed by atoms with Gasteiger partial charge in [0.15, 0.2) is 11.8 Å². The third kappa shape index (κ3) is 4.31. The minimum absolute atomic E-state index is 0. The maximum atomic E-state index is 4.70. The fourth-order valence-corrected chi connectivity index (χ4v) is 3.05. The van der Waals surface area contributed by atoms with Crippen molar-refractivity contribution >= 4 is 29.9 Å². The molecule has 2 aromatic rings. The molecule has 0 bridgehead atoms. The first kappa shape index (κ1) is 19.7. The van der Waals surface area contributed by atoms with Crippen LogP contribution in [0.15, 0.2) is 4.99 Å². The van der Waals surface area contributed by atoms with E-state index in [0.717, 1.165) is 54.9 Å². The molecule has 2 aromatic heterocycles. The maximum Gasteiger partial charge on any atom is 0.191 e. The van der Waals surface area contributed by atoms with Crippen LogP contribution >= 0.6 is 24.0 Å². The van der Waals surface area contributed by atoms with E-state index in [4.69, 9.17) is 4.99 Å². The highest BCUT2D eigenvalue weighted by Gasteiger charge is 2.17. The van der Waals surface area contributed by atoms with E-state index in [1.807, 2.05) is 18.7 Å². The van der Waals surface area contributed by atoms with E-state index in [9.17, 15) is 0 Å². The van der Waals surface area contributed by atoms with Gasteiger partial charge in [0.25, 0.3) is 0 Å². The monoisotopic (exact) mass is 458 g/mol. The number of fused-ring (bicyclic) bond motifs is 1. The number of nitrogens with one attached hydrogen (secondary N) is 2. The second-order valence-corrected chi connectivity index (χ2v) is 6.11.